The van der Waals surface area contributed by atoms with Gasteiger partial charge in [-0.3, -0.25) is 4.79 Å². The Bertz CT molecular complexity index is 947. The van der Waals surface area contributed by atoms with Crippen molar-refractivity contribution < 1.29 is 4.79 Å². The van der Waals surface area contributed by atoms with E-state index >= 15 is 0 Å². The number of aryl methyl sites for hydroxylation is 1. The zero-order chi connectivity index (χ0) is 19.1. The summed E-state index contributed by atoms with van der Waals surface area (Å²) in [6, 6.07) is 14.3. The zero-order valence-electron chi connectivity index (χ0n) is 14.1. The Morgan fingerprint density at radius 1 is 1.19 bits per heavy atom. The number of aliphatic imine (C=N–C) groups is 1. The van der Waals surface area contributed by atoms with E-state index in [-0.39, 0.29) is 5.96 Å². The molecule has 0 heterocycles. The van der Waals surface area contributed by atoms with Gasteiger partial charge in [-0.25, -0.2) is 0 Å². The van der Waals surface area contributed by atoms with Gasteiger partial charge in [0.25, 0.3) is 5.91 Å². The highest BCUT2D eigenvalue weighted by molar-refractivity contribution is 6.33. The minimum atomic E-state index is -0.484. The number of nitrogens with two attached hydrogens (primary N) is 2. The van der Waals surface area contributed by atoms with Crippen molar-refractivity contribution in [2.45, 2.75) is 6.92 Å². The van der Waals surface area contributed by atoms with E-state index in [9.17, 15) is 4.79 Å². The normalized spacial score (nSPS) is 11.2. The molecule has 2 aromatic rings. The van der Waals surface area contributed by atoms with Crippen LogP contribution in [0.4, 0.5) is 0 Å². The van der Waals surface area contributed by atoms with Crippen molar-refractivity contribution in [3.05, 3.63) is 81.4 Å². The maximum absolute atomic E-state index is 11.8. The molecule has 0 bridgehead atoms. The van der Waals surface area contributed by atoms with Crippen molar-refractivity contribution in [1.82, 2.24) is 0 Å². The zero-order valence-corrected chi connectivity index (χ0v) is 14.9. The van der Waals surface area contributed by atoms with Crippen LogP contribution in [-0.4, -0.2) is 11.9 Å². The van der Waals surface area contributed by atoms with Crippen LogP contribution in [-0.2, 0) is 0 Å². The number of halogens is 1. The van der Waals surface area contributed by atoms with Crippen LogP contribution in [0.1, 0.15) is 32.6 Å². The SMILES string of the molecule is Cc1cc(C(=O)N=C(N)N)ccc1/C=C\C(Cl)=C\c1ccc(C#N)cc1. The van der Waals surface area contributed by atoms with Crippen LogP contribution in [0.2, 0.25) is 0 Å². The van der Waals surface area contributed by atoms with Crippen molar-refractivity contribution in [2.75, 3.05) is 0 Å². The van der Waals surface area contributed by atoms with Gasteiger partial charge in [-0.15, -0.1) is 0 Å². The summed E-state index contributed by atoms with van der Waals surface area (Å²) in [5, 5.41) is 9.34. The first-order chi connectivity index (χ1) is 12.4. The molecular formula is C20H17ClN4O. The molecule has 0 spiro atoms. The highest BCUT2D eigenvalue weighted by atomic mass is 35.5. The van der Waals surface area contributed by atoms with Crippen molar-refractivity contribution in [1.29, 1.82) is 5.26 Å². The third kappa shape index (κ3) is 5.33. The molecule has 0 radical (unpaired) electrons. The number of hydrogen-bond acceptors (Lipinski definition) is 2. The van der Waals surface area contributed by atoms with E-state index in [0.717, 1.165) is 16.7 Å². The molecular weight excluding hydrogens is 348 g/mol. The second-order valence-electron chi connectivity index (χ2n) is 5.51. The fourth-order valence-electron chi connectivity index (χ4n) is 2.21. The lowest BCUT2D eigenvalue weighted by Crippen LogP contribution is -2.24. The molecule has 1 amide bonds. The molecule has 2 aromatic carbocycles. The highest BCUT2D eigenvalue weighted by Gasteiger charge is 2.06. The topological polar surface area (TPSA) is 105 Å². The quantitative estimate of drug-likeness (QED) is 0.491. The Kier molecular flexibility index (Phi) is 6.31. The van der Waals surface area contributed by atoms with Gasteiger partial charge in [0.1, 0.15) is 0 Å². The molecule has 0 aliphatic carbocycles. The van der Waals surface area contributed by atoms with Crippen LogP contribution in [0.15, 0.2) is 58.6 Å². The van der Waals surface area contributed by atoms with Crippen molar-refractivity contribution >= 4 is 35.6 Å². The molecule has 0 saturated carbocycles. The molecule has 0 saturated heterocycles. The molecule has 4 N–H and O–H groups in total. The van der Waals surface area contributed by atoms with E-state index in [1.165, 1.54) is 0 Å². The van der Waals surface area contributed by atoms with E-state index in [1.54, 1.807) is 42.5 Å². The van der Waals surface area contributed by atoms with E-state index in [1.807, 2.05) is 25.1 Å². The number of hydrogen-bond donors (Lipinski definition) is 2. The maximum Gasteiger partial charge on any atom is 0.280 e. The number of guanidine groups is 1. The number of allylic oxidation sites excluding steroid dienone is 2. The number of benzene rings is 2. The van der Waals surface area contributed by atoms with Crippen LogP contribution in [0.5, 0.6) is 0 Å². The van der Waals surface area contributed by atoms with Gasteiger partial charge >= 0.3 is 0 Å². The van der Waals surface area contributed by atoms with Gasteiger partial charge in [0, 0.05) is 10.6 Å². The van der Waals surface area contributed by atoms with Gasteiger partial charge in [-0.1, -0.05) is 35.9 Å². The third-order valence-corrected chi connectivity index (χ3v) is 3.75. The monoisotopic (exact) mass is 364 g/mol. The fraction of sp³-hybridized carbons (Fsp3) is 0.0500. The lowest BCUT2D eigenvalue weighted by molar-refractivity contribution is 0.100. The molecule has 6 heteroatoms. The van der Waals surface area contributed by atoms with Gasteiger partial charge in [0.05, 0.1) is 11.6 Å². The average Bonchev–Trinajstić information content (AvgIpc) is 2.60. The van der Waals surface area contributed by atoms with Gasteiger partial charge in [0.2, 0.25) is 0 Å². The van der Waals surface area contributed by atoms with Crippen LogP contribution >= 0.6 is 11.6 Å². The first-order valence-electron chi connectivity index (χ1n) is 7.69. The molecule has 26 heavy (non-hydrogen) atoms. The van der Waals surface area contributed by atoms with Crippen molar-refractivity contribution in [3.8, 4) is 6.07 Å². The Hall–Kier alpha value is -3.36. The van der Waals surface area contributed by atoms with Crippen LogP contribution in [0, 0.1) is 18.3 Å². The van der Waals surface area contributed by atoms with Crippen molar-refractivity contribution in [3.63, 3.8) is 0 Å². The first-order valence-corrected chi connectivity index (χ1v) is 8.07. The summed E-state index contributed by atoms with van der Waals surface area (Å²) >= 11 is 6.24. The lowest BCUT2D eigenvalue weighted by Gasteiger charge is -2.03. The minimum absolute atomic E-state index is 0.267. The van der Waals surface area contributed by atoms with Gasteiger partial charge in [-0.2, -0.15) is 10.3 Å². The van der Waals surface area contributed by atoms with Gasteiger partial charge in [0.15, 0.2) is 5.96 Å². The molecule has 0 unspecified atom stereocenters. The highest BCUT2D eigenvalue weighted by Crippen LogP contribution is 2.17. The molecule has 0 fully saturated rings. The average molecular weight is 365 g/mol. The predicted molar refractivity (Wildman–Crippen MR) is 105 cm³/mol. The summed E-state index contributed by atoms with van der Waals surface area (Å²) in [6.07, 6.45) is 5.41. The van der Waals surface area contributed by atoms with Gasteiger partial charge < -0.3 is 11.5 Å². The summed E-state index contributed by atoms with van der Waals surface area (Å²) < 4.78 is 0. The summed E-state index contributed by atoms with van der Waals surface area (Å²) in [4.78, 5) is 15.3. The van der Waals surface area contributed by atoms with E-state index < -0.39 is 5.91 Å². The molecule has 5 nitrogen and oxygen atoms in total. The van der Waals surface area contributed by atoms with Crippen molar-refractivity contribution in [2.24, 2.45) is 16.5 Å². The van der Waals surface area contributed by atoms with E-state index in [4.69, 9.17) is 28.3 Å². The molecule has 0 aromatic heterocycles. The minimum Gasteiger partial charge on any atom is -0.370 e. The van der Waals surface area contributed by atoms with Crippen LogP contribution < -0.4 is 11.5 Å². The van der Waals surface area contributed by atoms with Crippen LogP contribution in [0.25, 0.3) is 12.2 Å². The summed E-state index contributed by atoms with van der Waals surface area (Å²) in [7, 11) is 0. The van der Waals surface area contributed by atoms with Crippen LogP contribution in [0.3, 0.4) is 0 Å². The number of rotatable bonds is 4. The number of carbonyl (C=O) groups excluding carboxylic acids is 1. The fourth-order valence-corrected chi connectivity index (χ4v) is 2.40. The Labute approximate surface area is 156 Å². The Morgan fingerprint density at radius 2 is 1.88 bits per heavy atom. The number of nitrogens with zero attached hydrogens (tertiary/aromatic N) is 2. The van der Waals surface area contributed by atoms with Gasteiger partial charge in [-0.05, 0) is 60.0 Å². The number of carbonyl (C=O) groups is 1. The number of nitriles is 1. The largest absolute Gasteiger partial charge is 0.370 e. The standard InChI is InChI=1S/C20H17ClN4O/c1-13-10-17(19(26)25-20(23)24)7-6-16(13)8-9-18(21)11-14-2-4-15(12-22)5-3-14/h2-11H,1H3,(H4,23,24,25,26)/b9-8-,18-11-. The number of amides is 1. The Morgan fingerprint density at radius 3 is 2.46 bits per heavy atom. The lowest BCUT2D eigenvalue weighted by atomic mass is 10.0. The summed E-state index contributed by atoms with van der Waals surface area (Å²) in [5.74, 6) is -0.751. The molecule has 0 aliphatic heterocycles. The second kappa shape index (κ2) is 8.65. The molecule has 0 aliphatic rings. The van der Waals surface area contributed by atoms with E-state index in [0.29, 0.717) is 16.2 Å². The predicted octanol–water partition coefficient (Wildman–Crippen LogP) is 3.57. The second-order valence-corrected chi connectivity index (χ2v) is 5.95. The maximum atomic E-state index is 11.8. The first kappa shape index (κ1) is 19.0. The summed E-state index contributed by atoms with van der Waals surface area (Å²) in [6.45, 7) is 1.88. The molecule has 0 atom stereocenters. The van der Waals surface area contributed by atoms with E-state index in [2.05, 4.69) is 11.1 Å². The molecule has 2 rings (SSSR count). The molecule has 130 valence electrons. The Balaban J connectivity index is 2.16. The summed E-state index contributed by atoms with van der Waals surface area (Å²) in [5.41, 5.74) is 14.1. The smallest absolute Gasteiger partial charge is 0.280 e. The third-order valence-electron chi connectivity index (χ3n) is 3.51.